The van der Waals surface area contributed by atoms with Gasteiger partial charge in [0.05, 0.1) is 11.7 Å². The molecule has 0 fully saturated rings. The Morgan fingerprint density at radius 3 is 2.57 bits per heavy atom. The van der Waals surface area contributed by atoms with Gasteiger partial charge in [0.1, 0.15) is 0 Å². The molecule has 0 saturated heterocycles. The molecular weight excluding hydrogens is 205 g/mol. The van der Waals surface area contributed by atoms with E-state index in [-0.39, 0.29) is 57.1 Å². The minimum atomic E-state index is -1.14. The first-order valence-electron chi connectivity index (χ1n) is 3.96. The molecule has 0 aliphatic rings. The average Bonchev–Trinajstić information content (AvgIpc) is 2.45. The summed E-state index contributed by atoms with van der Waals surface area (Å²) in [6.07, 6.45) is 0. The number of para-hydroxylation sites is 1. The van der Waals surface area contributed by atoms with E-state index in [0.717, 1.165) is 10.9 Å². The number of benzene rings is 1. The van der Waals surface area contributed by atoms with E-state index < -0.39 is 5.97 Å². The second-order valence-electron chi connectivity index (χ2n) is 2.93. The van der Waals surface area contributed by atoms with E-state index in [0.29, 0.717) is 0 Å². The van der Waals surface area contributed by atoms with Crippen LogP contribution >= 0.6 is 0 Å². The molecule has 2 aromatic rings. The van der Waals surface area contributed by atoms with Crippen LogP contribution in [0, 0.1) is 0 Å². The standard InChI is InChI=1S/C10H9NO2.K/c1-11-8-5-3-2-4-7(8)6-9(11)10(12)13;/h2-6H,1H3,(H,12,13);/q;+1/p-1. The summed E-state index contributed by atoms with van der Waals surface area (Å²) in [5.74, 6) is -1.14. The Bertz CT molecular complexity index is 476. The number of carbonyl (C=O) groups excluding carboxylic acids is 1. The van der Waals surface area contributed by atoms with Crippen molar-refractivity contribution in [2.24, 2.45) is 7.05 Å². The van der Waals surface area contributed by atoms with E-state index in [1.54, 1.807) is 17.7 Å². The van der Waals surface area contributed by atoms with Crippen molar-refractivity contribution in [1.29, 1.82) is 0 Å². The molecule has 1 aromatic carbocycles. The van der Waals surface area contributed by atoms with Crippen molar-refractivity contribution in [2.75, 3.05) is 0 Å². The van der Waals surface area contributed by atoms with Crippen LogP contribution in [0.2, 0.25) is 0 Å². The first-order chi connectivity index (χ1) is 6.20. The molecule has 0 aliphatic carbocycles. The van der Waals surface area contributed by atoms with Gasteiger partial charge in [-0.2, -0.15) is 0 Å². The number of aromatic carboxylic acids is 1. The van der Waals surface area contributed by atoms with E-state index in [1.165, 1.54) is 0 Å². The van der Waals surface area contributed by atoms with Gasteiger partial charge < -0.3 is 14.5 Å². The first kappa shape index (κ1) is 11.9. The van der Waals surface area contributed by atoms with Gasteiger partial charge in [-0.15, -0.1) is 0 Å². The maximum atomic E-state index is 10.7. The third-order valence-corrected chi connectivity index (χ3v) is 2.16. The fourth-order valence-electron chi connectivity index (χ4n) is 1.48. The molecule has 0 N–H and O–H groups in total. The summed E-state index contributed by atoms with van der Waals surface area (Å²) in [6.45, 7) is 0. The van der Waals surface area contributed by atoms with E-state index >= 15 is 0 Å². The van der Waals surface area contributed by atoms with E-state index in [4.69, 9.17) is 0 Å². The van der Waals surface area contributed by atoms with Crippen LogP contribution in [0.1, 0.15) is 10.5 Å². The molecular formula is C10H8KNO2. The summed E-state index contributed by atoms with van der Waals surface area (Å²) in [5.41, 5.74) is 1.11. The second kappa shape index (κ2) is 4.59. The molecule has 1 aromatic heterocycles. The van der Waals surface area contributed by atoms with Gasteiger partial charge >= 0.3 is 51.4 Å². The van der Waals surface area contributed by atoms with Crippen molar-refractivity contribution < 1.29 is 61.3 Å². The number of rotatable bonds is 1. The summed E-state index contributed by atoms with van der Waals surface area (Å²) in [6, 6.07) is 9.12. The Labute approximate surface area is 124 Å². The zero-order chi connectivity index (χ0) is 9.42. The van der Waals surface area contributed by atoms with Crippen molar-refractivity contribution in [3.05, 3.63) is 36.0 Å². The van der Waals surface area contributed by atoms with Gasteiger partial charge in [0, 0.05) is 18.0 Å². The van der Waals surface area contributed by atoms with Crippen LogP contribution in [0.5, 0.6) is 0 Å². The average molecular weight is 213 g/mol. The Kier molecular flexibility index (Phi) is 3.91. The molecule has 0 spiro atoms. The molecule has 0 aliphatic heterocycles. The first-order valence-corrected chi connectivity index (χ1v) is 3.96. The second-order valence-corrected chi connectivity index (χ2v) is 2.93. The number of nitrogens with zero attached hydrogens (tertiary/aromatic N) is 1. The molecule has 0 unspecified atom stereocenters. The predicted octanol–water partition coefficient (Wildman–Crippen LogP) is -2.45. The van der Waals surface area contributed by atoms with Crippen molar-refractivity contribution >= 4 is 16.9 Å². The molecule has 2 rings (SSSR count). The number of fused-ring (bicyclic) bond motifs is 1. The van der Waals surface area contributed by atoms with Crippen LogP contribution in [0.25, 0.3) is 10.9 Å². The number of aromatic nitrogens is 1. The third kappa shape index (κ3) is 1.94. The molecule has 0 saturated carbocycles. The SMILES string of the molecule is Cn1c(C(=O)[O-])cc2ccccc21.[K+]. The summed E-state index contributed by atoms with van der Waals surface area (Å²) in [4.78, 5) is 10.7. The summed E-state index contributed by atoms with van der Waals surface area (Å²) < 4.78 is 1.62. The molecule has 0 atom stereocenters. The van der Waals surface area contributed by atoms with Crippen LogP contribution in [0.4, 0.5) is 0 Å². The van der Waals surface area contributed by atoms with Gasteiger partial charge in [-0.3, -0.25) is 0 Å². The van der Waals surface area contributed by atoms with Gasteiger partial charge in [0.2, 0.25) is 0 Å². The van der Waals surface area contributed by atoms with Crippen molar-refractivity contribution in [3.8, 4) is 0 Å². The van der Waals surface area contributed by atoms with Crippen LogP contribution in [0.15, 0.2) is 30.3 Å². The predicted molar refractivity (Wildman–Crippen MR) is 47.2 cm³/mol. The number of aryl methyl sites for hydroxylation is 1. The zero-order valence-corrected chi connectivity index (χ0v) is 11.3. The third-order valence-electron chi connectivity index (χ3n) is 2.16. The molecule has 0 radical (unpaired) electrons. The fraction of sp³-hybridized carbons (Fsp3) is 0.100. The minimum Gasteiger partial charge on any atom is -0.543 e. The van der Waals surface area contributed by atoms with Crippen LogP contribution < -0.4 is 56.5 Å². The van der Waals surface area contributed by atoms with Crippen LogP contribution in [0.3, 0.4) is 0 Å². The molecule has 0 bridgehead atoms. The Morgan fingerprint density at radius 1 is 1.36 bits per heavy atom. The van der Waals surface area contributed by atoms with Crippen molar-refractivity contribution in [1.82, 2.24) is 4.57 Å². The zero-order valence-electron chi connectivity index (χ0n) is 8.15. The van der Waals surface area contributed by atoms with Gasteiger partial charge in [0.15, 0.2) is 0 Å². The minimum absolute atomic E-state index is 0. The van der Waals surface area contributed by atoms with Crippen molar-refractivity contribution in [2.45, 2.75) is 0 Å². The Morgan fingerprint density at radius 2 is 2.00 bits per heavy atom. The molecule has 3 nitrogen and oxygen atoms in total. The topological polar surface area (TPSA) is 45.1 Å². The molecule has 1 heterocycles. The number of carboxylic acid groups (broad SMARTS) is 1. The number of hydrogen-bond acceptors (Lipinski definition) is 2. The monoisotopic (exact) mass is 213 g/mol. The molecule has 4 heteroatoms. The number of hydrogen-bond donors (Lipinski definition) is 0. The van der Waals surface area contributed by atoms with E-state index in [1.807, 2.05) is 24.3 Å². The molecule has 0 amide bonds. The molecule has 14 heavy (non-hydrogen) atoms. The normalized spacial score (nSPS) is 9.79. The van der Waals surface area contributed by atoms with Gasteiger partial charge in [0.25, 0.3) is 0 Å². The fourth-order valence-corrected chi connectivity index (χ4v) is 1.48. The summed E-state index contributed by atoms with van der Waals surface area (Å²) in [7, 11) is 1.72. The van der Waals surface area contributed by atoms with Gasteiger partial charge in [-0.05, 0) is 12.1 Å². The number of carbonyl (C=O) groups is 1. The van der Waals surface area contributed by atoms with Crippen LogP contribution in [-0.2, 0) is 7.05 Å². The van der Waals surface area contributed by atoms with Gasteiger partial charge in [-0.1, -0.05) is 18.2 Å². The maximum absolute atomic E-state index is 10.7. The largest absolute Gasteiger partial charge is 1.00 e. The Hall–Kier alpha value is -0.134. The molecule has 66 valence electrons. The maximum Gasteiger partial charge on any atom is 1.00 e. The van der Waals surface area contributed by atoms with Crippen LogP contribution in [-0.4, -0.2) is 10.5 Å². The smallest absolute Gasteiger partial charge is 0.543 e. The summed E-state index contributed by atoms with van der Waals surface area (Å²) >= 11 is 0. The van der Waals surface area contributed by atoms with Gasteiger partial charge in [-0.25, -0.2) is 0 Å². The number of carboxylic acids is 1. The van der Waals surface area contributed by atoms with E-state index in [2.05, 4.69) is 0 Å². The summed E-state index contributed by atoms with van der Waals surface area (Å²) in [5, 5.41) is 11.6. The Balaban J connectivity index is 0.000000980. The van der Waals surface area contributed by atoms with E-state index in [9.17, 15) is 9.90 Å². The van der Waals surface area contributed by atoms with Crippen molar-refractivity contribution in [3.63, 3.8) is 0 Å². The quantitative estimate of drug-likeness (QED) is 0.494.